The molecular weight excluding hydrogens is 556 g/mol. The smallest absolute Gasteiger partial charge is 0.405 e. The molecule has 10 nitrogen and oxygen atoms in total. The number of aromatic nitrogens is 5. The summed E-state index contributed by atoms with van der Waals surface area (Å²) in [4.78, 5) is 24.4. The number of nitrogens with one attached hydrogen (secondary N) is 3. The average molecular weight is 577 g/mol. The number of fused-ring (bicyclic) bond motifs is 2. The van der Waals surface area contributed by atoms with Crippen LogP contribution in [0.25, 0.3) is 27.7 Å². The second-order valence-corrected chi connectivity index (χ2v) is 9.18. The van der Waals surface area contributed by atoms with Gasteiger partial charge in [-0.1, -0.05) is 12.1 Å². The van der Waals surface area contributed by atoms with Gasteiger partial charge >= 0.3 is 6.18 Å². The maximum absolute atomic E-state index is 13.2. The summed E-state index contributed by atoms with van der Waals surface area (Å²) in [6, 6.07) is 17.7. The van der Waals surface area contributed by atoms with Gasteiger partial charge in [-0.25, -0.2) is 18.9 Å². The minimum atomic E-state index is -4.57. The molecule has 6 aromatic rings. The molecule has 42 heavy (non-hydrogen) atoms. The molecule has 0 saturated carbocycles. The van der Waals surface area contributed by atoms with Crippen molar-refractivity contribution in [3.05, 3.63) is 90.6 Å². The van der Waals surface area contributed by atoms with Gasteiger partial charge in [-0.15, -0.1) is 0 Å². The fourth-order valence-corrected chi connectivity index (χ4v) is 4.38. The number of nitrogens with two attached hydrogens (primary N) is 1. The largest absolute Gasteiger partial charge is 0.457 e. The van der Waals surface area contributed by atoms with Crippen LogP contribution in [0.2, 0.25) is 0 Å². The first-order valence-corrected chi connectivity index (χ1v) is 12.4. The van der Waals surface area contributed by atoms with Crippen molar-refractivity contribution in [2.45, 2.75) is 6.18 Å². The van der Waals surface area contributed by atoms with Crippen LogP contribution in [-0.4, -0.2) is 43.2 Å². The highest BCUT2D eigenvalue weighted by Gasteiger charge is 2.29. The van der Waals surface area contributed by atoms with Crippen molar-refractivity contribution in [2.24, 2.45) is 0 Å². The van der Waals surface area contributed by atoms with Gasteiger partial charge in [-0.3, -0.25) is 4.79 Å². The lowest BCUT2D eigenvalue weighted by molar-refractivity contribution is -0.123. The first kappa shape index (κ1) is 26.6. The first-order chi connectivity index (χ1) is 20.1. The van der Waals surface area contributed by atoms with E-state index in [1.165, 1.54) is 41.3 Å². The minimum Gasteiger partial charge on any atom is -0.457 e. The predicted octanol–water partition coefficient (Wildman–Crippen LogP) is 5.82. The predicted molar refractivity (Wildman–Crippen MR) is 147 cm³/mol. The van der Waals surface area contributed by atoms with Crippen molar-refractivity contribution in [1.82, 2.24) is 29.9 Å². The molecule has 0 radical (unpaired) electrons. The number of hydrogen-bond donors (Lipinski definition) is 4. The number of alkyl halides is 3. The van der Waals surface area contributed by atoms with E-state index in [9.17, 15) is 22.4 Å². The minimum absolute atomic E-state index is 0.0388. The number of nitrogens with zero attached hydrogens (tertiary/aromatic N) is 4. The molecule has 212 valence electrons. The van der Waals surface area contributed by atoms with Crippen molar-refractivity contribution < 1.29 is 27.1 Å². The molecule has 1 amide bonds. The number of imidazole rings is 1. The number of benzene rings is 3. The van der Waals surface area contributed by atoms with Gasteiger partial charge in [0.1, 0.15) is 35.7 Å². The van der Waals surface area contributed by atoms with Gasteiger partial charge in [0.2, 0.25) is 5.95 Å². The third-order valence-corrected chi connectivity index (χ3v) is 6.24. The summed E-state index contributed by atoms with van der Waals surface area (Å²) in [7, 11) is 0. The second-order valence-electron chi connectivity index (χ2n) is 9.18. The molecule has 0 aliphatic rings. The van der Waals surface area contributed by atoms with E-state index in [4.69, 9.17) is 10.5 Å². The van der Waals surface area contributed by atoms with Crippen LogP contribution < -0.4 is 21.1 Å². The Hall–Kier alpha value is -5.66. The van der Waals surface area contributed by atoms with E-state index in [1.807, 2.05) is 5.32 Å². The Morgan fingerprint density at radius 3 is 2.50 bits per heavy atom. The summed E-state index contributed by atoms with van der Waals surface area (Å²) in [6.07, 6.45) is -2.08. The topological polar surface area (TPSA) is 135 Å². The summed E-state index contributed by atoms with van der Waals surface area (Å²) in [5, 5.41) is 9.09. The van der Waals surface area contributed by atoms with Crippen molar-refractivity contribution in [1.29, 1.82) is 0 Å². The molecule has 0 atom stereocenters. The summed E-state index contributed by atoms with van der Waals surface area (Å²) in [5.74, 6) is 0.227. The molecular formula is C28H20F4N8O2. The number of ether oxygens (including phenoxy) is 1. The van der Waals surface area contributed by atoms with E-state index in [-0.39, 0.29) is 28.3 Å². The zero-order chi connectivity index (χ0) is 29.4. The number of anilines is 3. The Bertz CT molecular complexity index is 1920. The van der Waals surface area contributed by atoms with Crippen LogP contribution in [0, 0.1) is 5.82 Å². The number of nitrogen functional groups attached to an aromatic ring is 1. The molecule has 0 spiro atoms. The van der Waals surface area contributed by atoms with Crippen molar-refractivity contribution in [2.75, 3.05) is 17.6 Å². The Morgan fingerprint density at radius 1 is 1.02 bits per heavy atom. The van der Waals surface area contributed by atoms with Crippen LogP contribution in [0.1, 0.15) is 10.4 Å². The highest BCUT2D eigenvalue weighted by Crippen LogP contribution is 2.34. The number of carbonyl (C=O) groups excluding carboxylic acids is 1. The lowest BCUT2D eigenvalue weighted by atomic mass is 10.0. The molecule has 3 aromatic heterocycles. The van der Waals surface area contributed by atoms with Crippen LogP contribution in [0.5, 0.6) is 11.5 Å². The molecule has 0 unspecified atom stereocenters. The van der Waals surface area contributed by atoms with E-state index in [0.717, 1.165) is 0 Å². The molecule has 3 aromatic carbocycles. The van der Waals surface area contributed by atoms with Gasteiger partial charge in [0.15, 0.2) is 5.82 Å². The summed E-state index contributed by atoms with van der Waals surface area (Å²) < 4.78 is 58.5. The maximum atomic E-state index is 13.2. The molecule has 5 N–H and O–H groups in total. The van der Waals surface area contributed by atoms with Crippen molar-refractivity contribution in [3.8, 4) is 22.6 Å². The summed E-state index contributed by atoms with van der Waals surface area (Å²) in [6.45, 7) is -1.49. The van der Waals surface area contributed by atoms with Crippen LogP contribution in [0.15, 0.2) is 79.3 Å². The maximum Gasteiger partial charge on any atom is 0.405 e. The Balaban J connectivity index is 1.25. The number of rotatable bonds is 7. The molecule has 0 bridgehead atoms. The molecule has 0 fully saturated rings. The van der Waals surface area contributed by atoms with E-state index in [1.54, 1.807) is 42.5 Å². The van der Waals surface area contributed by atoms with E-state index in [0.29, 0.717) is 39.7 Å². The molecule has 0 aliphatic heterocycles. The number of hydrogen-bond acceptors (Lipinski definition) is 7. The van der Waals surface area contributed by atoms with Gasteiger partial charge in [0.05, 0.1) is 16.6 Å². The fourth-order valence-electron chi connectivity index (χ4n) is 4.38. The zero-order valence-electron chi connectivity index (χ0n) is 21.4. The molecule has 0 saturated heterocycles. The zero-order valence-corrected chi connectivity index (χ0v) is 21.4. The Morgan fingerprint density at radius 2 is 1.76 bits per heavy atom. The Kier molecular flexibility index (Phi) is 6.57. The van der Waals surface area contributed by atoms with Crippen LogP contribution in [0.3, 0.4) is 0 Å². The van der Waals surface area contributed by atoms with Gasteiger partial charge < -0.3 is 26.1 Å². The van der Waals surface area contributed by atoms with Crippen LogP contribution in [-0.2, 0) is 0 Å². The fraction of sp³-hybridized carbons (Fsp3) is 0.0714. The molecule has 14 heteroatoms. The number of aromatic amines is 1. The van der Waals surface area contributed by atoms with E-state index >= 15 is 0 Å². The van der Waals surface area contributed by atoms with Gasteiger partial charge in [0.25, 0.3) is 5.91 Å². The second kappa shape index (κ2) is 10.4. The third kappa shape index (κ3) is 5.50. The quantitative estimate of drug-likeness (QED) is 0.176. The summed E-state index contributed by atoms with van der Waals surface area (Å²) in [5.41, 5.74) is 9.09. The Labute approximate surface area is 234 Å². The standard InChI is InChI=1S/C28H20F4N8O2/c29-16-3-7-18(8-4-16)42-19-9-10-21-22(11-19)39-27(38-21)37-17-5-1-15(2-6-17)23-20(26(41)34-13-28(30,31)32)12-40-24(23)25(33)35-14-36-40/h1-12,14H,13H2,(H,34,41)(H2,33,35,36)(H2,37,38,39). The normalized spacial score (nSPS) is 11.6. The molecule has 0 aliphatic carbocycles. The third-order valence-electron chi connectivity index (χ3n) is 6.24. The molecule has 3 heterocycles. The van der Waals surface area contributed by atoms with Gasteiger partial charge in [0, 0.05) is 23.5 Å². The van der Waals surface area contributed by atoms with Crippen molar-refractivity contribution in [3.63, 3.8) is 0 Å². The van der Waals surface area contributed by atoms with Crippen LogP contribution in [0.4, 0.5) is 35.0 Å². The highest BCUT2D eigenvalue weighted by molar-refractivity contribution is 6.07. The van der Waals surface area contributed by atoms with Gasteiger partial charge in [-0.2, -0.15) is 18.3 Å². The summed E-state index contributed by atoms with van der Waals surface area (Å²) >= 11 is 0. The number of carbonyl (C=O) groups is 1. The number of H-pyrrole nitrogens is 1. The monoisotopic (exact) mass is 576 g/mol. The van der Waals surface area contributed by atoms with E-state index < -0.39 is 18.6 Å². The first-order valence-electron chi connectivity index (χ1n) is 12.4. The SMILES string of the molecule is Nc1ncnn2cc(C(=O)NCC(F)(F)F)c(-c3ccc(Nc4nc5ccc(Oc6ccc(F)cc6)cc5[nH]4)cc3)c12. The molecule has 6 rings (SSSR count). The highest BCUT2D eigenvalue weighted by atomic mass is 19.4. The lowest BCUT2D eigenvalue weighted by Gasteiger charge is -2.10. The van der Waals surface area contributed by atoms with Gasteiger partial charge in [-0.05, 0) is 54.1 Å². The van der Waals surface area contributed by atoms with Crippen molar-refractivity contribution >= 4 is 39.9 Å². The lowest BCUT2D eigenvalue weighted by Crippen LogP contribution is -2.33. The average Bonchev–Trinajstić information content (AvgIpc) is 3.55. The number of amides is 1. The van der Waals surface area contributed by atoms with Crippen LogP contribution >= 0.6 is 0 Å². The number of halogens is 4. The van der Waals surface area contributed by atoms with E-state index in [2.05, 4.69) is 25.4 Å².